The summed E-state index contributed by atoms with van der Waals surface area (Å²) in [6.45, 7) is 5.04. The molecular formula is C10H16N2. The second-order valence-corrected chi connectivity index (χ2v) is 2.88. The van der Waals surface area contributed by atoms with Gasteiger partial charge in [-0.15, -0.1) is 0 Å². The second-order valence-electron chi connectivity index (χ2n) is 2.88. The zero-order valence-corrected chi connectivity index (χ0v) is 7.99. The van der Waals surface area contributed by atoms with E-state index in [4.69, 9.17) is 0 Å². The summed E-state index contributed by atoms with van der Waals surface area (Å²) in [5.41, 5.74) is 1.25. The summed E-state index contributed by atoms with van der Waals surface area (Å²) in [7, 11) is 2.07. The lowest BCUT2D eigenvalue weighted by Gasteiger charge is -2.18. The fraction of sp³-hybridized carbons (Fsp3) is 0.400. The van der Waals surface area contributed by atoms with Gasteiger partial charge in [0.1, 0.15) is 0 Å². The van der Waals surface area contributed by atoms with Crippen molar-refractivity contribution in [3.8, 4) is 0 Å². The standard InChI is InChI=1S/C10H16N2/c1-4-6-10(5-2)12-8-7-11(3)9-12/h4-8H,9H2,1-3H3/b6-4-,10-5?. The minimum absolute atomic E-state index is 0.948. The van der Waals surface area contributed by atoms with E-state index in [-0.39, 0.29) is 0 Å². The van der Waals surface area contributed by atoms with E-state index in [1.54, 1.807) is 0 Å². The van der Waals surface area contributed by atoms with Gasteiger partial charge in [0.15, 0.2) is 0 Å². The molecule has 0 atom stereocenters. The molecule has 0 unspecified atom stereocenters. The Morgan fingerprint density at radius 3 is 2.50 bits per heavy atom. The lowest BCUT2D eigenvalue weighted by Crippen LogP contribution is -2.20. The summed E-state index contributed by atoms with van der Waals surface area (Å²) in [5.74, 6) is 0. The van der Waals surface area contributed by atoms with Gasteiger partial charge in [0.25, 0.3) is 0 Å². The van der Waals surface area contributed by atoms with Gasteiger partial charge in [-0.2, -0.15) is 0 Å². The van der Waals surface area contributed by atoms with Crippen molar-refractivity contribution < 1.29 is 0 Å². The largest absolute Gasteiger partial charge is 0.361 e. The van der Waals surface area contributed by atoms with Crippen molar-refractivity contribution in [2.45, 2.75) is 13.8 Å². The molecule has 1 aliphatic heterocycles. The molecule has 0 fully saturated rings. The minimum Gasteiger partial charge on any atom is -0.361 e. The molecule has 2 heteroatoms. The van der Waals surface area contributed by atoms with Crippen LogP contribution in [0, 0.1) is 0 Å². The summed E-state index contributed by atoms with van der Waals surface area (Å²) in [6.07, 6.45) is 10.5. The van der Waals surface area contributed by atoms with E-state index in [1.807, 2.05) is 6.92 Å². The number of hydrogen-bond donors (Lipinski definition) is 0. The third-order valence-corrected chi connectivity index (χ3v) is 1.84. The van der Waals surface area contributed by atoms with Crippen molar-refractivity contribution in [3.05, 3.63) is 36.3 Å². The highest BCUT2D eigenvalue weighted by atomic mass is 15.3. The summed E-state index contributed by atoms with van der Waals surface area (Å²) in [5, 5.41) is 0. The molecule has 0 aromatic carbocycles. The first-order valence-corrected chi connectivity index (χ1v) is 4.22. The normalized spacial score (nSPS) is 18.4. The number of rotatable bonds is 2. The third kappa shape index (κ3) is 1.91. The molecule has 1 rings (SSSR count). The van der Waals surface area contributed by atoms with Crippen LogP contribution in [0.15, 0.2) is 36.3 Å². The molecule has 0 radical (unpaired) electrons. The Kier molecular flexibility index (Phi) is 2.97. The lowest BCUT2D eigenvalue weighted by atomic mass is 10.3. The van der Waals surface area contributed by atoms with Crippen molar-refractivity contribution >= 4 is 0 Å². The van der Waals surface area contributed by atoms with Gasteiger partial charge in [0.05, 0.1) is 6.67 Å². The molecule has 0 saturated heterocycles. The van der Waals surface area contributed by atoms with Gasteiger partial charge in [-0.1, -0.05) is 12.2 Å². The van der Waals surface area contributed by atoms with Crippen LogP contribution in [0.1, 0.15) is 13.8 Å². The molecule has 0 bridgehead atoms. The highest BCUT2D eigenvalue weighted by molar-refractivity contribution is 5.19. The molecule has 0 spiro atoms. The van der Waals surface area contributed by atoms with Crippen LogP contribution in [0.2, 0.25) is 0 Å². The SMILES string of the molecule is CC=C(/C=C\C)N1C=CN(C)C1. The molecular weight excluding hydrogens is 148 g/mol. The Morgan fingerprint density at radius 2 is 2.08 bits per heavy atom. The maximum absolute atomic E-state index is 2.21. The van der Waals surface area contributed by atoms with Crippen molar-refractivity contribution in [3.63, 3.8) is 0 Å². The quantitative estimate of drug-likeness (QED) is 0.577. The highest BCUT2D eigenvalue weighted by Crippen LogP contribution is 2.12. The smallest absolute Gasteiger partial charge is 0.0938 e. The van der Waals surface area contributed by atoms with E-state index < -0.39 is 0 Å². The van der Waals surface area contributed by atoms with E-state index in [0.717, 1.165) is 6.67 Å². The minimum atomic E-state index is 0.948. The summed E-state index contributed by atoms with van der Waals surface area (Å²) in [6, 6.07) is 0. The molecule has 12 heavy (non-hydrogen) atoms. The molecule has 1 aliphatic rings. The van der Waals surface area contributed by atoms with E-state index in [9.17, 15) is 0 Å². The first-order valence-electron chi connectivity index (χ1n) is 4.22. The number of nitrogens with zero attached hydrogens (tertiary/aromatic N) is 2. The molecule has 0 aliphatic carbocycles. The van der Waals surface area contributed by atoms with Gasteiger partial charge >= 0.3 is 0 Å². The molecule has 66 valence electrons. The predicted octanol–water partition coefficient (Wildman–Crippen LogP) is 2.14. The Bertz CT molecular complexity index is 226. The van der Waals surface area contributed by atoms with E-state index >= 15 is 0 Å². The molecule has 0 amide bonds. The maximum Gasteiger partial charge on any atom is 0.0938 e. The van der Waals surface area contributed by atoms with Crippen LogP contribution in [0.5, 0.6) is 0 Å². The predicted molar refractivity (Wildman–Crippen MR) is 52.2 cm³/mol. The second kappa shape index (κ2) is 4.00. The molecule has 0 N–H and O–H groups in total. The Morgan fingerprint density at radius 1 is 1.33 bits per heavy atom. The highest BCUT2D eigenvalue weighted by Gasteiger charge is 2.09. The number of hydrogen-bond acceptors (Lipinski definition) is 2. The average Bonchev–Trinajstić information content (AvgIpc) is 2.47. The average molecular weight is 164 g/mol. The van der Waals surface area contributed by atoms with Crippen LogP contribution < -0.4 is 0 Å². The Balaban J connectivity index is 2.64. The Hall–Kier alpha value is -1.18. The zero-order valence-electron chi connectivity index (χ0n) is 7.99. The molecule has 0 aromatic rings. The van der Waals surface area contributed by atoms with Crippen LogP contribution >= 0.6 is 0 Å². The molecule has 1 heterocycles. The van der Waals surface area contributed by atoms with Crippen molar-refractivity contribution in [2.75, 3.05) is 13.7 Å². The van der Waals surface area contributed by atoms with Crippen LogP contribution in [-0.4, -0.2) is 23.5 Å². The zero-order chi connectivity index (χ0) is 8.97. The number of allylic oxidation sites excluding steroid dienone is 3. The fourth-order valence-corrected chi connectivity index (χ4v) is 1.23. The third-order valence-electron chi connectivity index (χ3n) is 1.84. The van der Waals surface area contributed by atoms with Crippen molar-refractivity contribution in [1.82, 2.24) is 9.80 Å². The lowest BCUT2D eigenvalue weighted by molar-refractivity contribution is 0.351. The van der Waals surface area contributed by atoms with Crippen LogP contribution in [0.4, 0.5) is 0 Å². The first kappa shape index (κ1) is 8.91. The van der Waals surface area contributed by atoms with Crippen LogP contribution in [-0.2, 0) is 0 Å². The van der Waals surface area contributed by atoms with Crippen LogP contribution in [0.25, 0.3) is 0 Å². The van der Waals surface area contributed by atoms with Crippen molar-refractivity contribution in [1.29, 1.82) is 0 Å². The summed E-state index contributed by atoms with van der Waals surface area (Å²) < 4.78 is 0. The topological polar surface area (TPSA) is 6.48 Å². The summed E-state index contributed by atoms with van der Waals surface area (Å²) >= 11 is 0. The van der Waals surface area contributed by atoms with Crippen LogP contribution in [0.3, 0.4) is 0 Å². The Labute approximate surface area is 74.5 Å². The van der Waals surface area contributed by atoms with Gasteiger partial charge in [-0.3, -0.25) is 0 Å². The van der Waals surface area contributed by atoms with Gasteiger partial charge in [0, 0.05) is 25.1 Å². The molecule has 0 saturated carbocycles. The van der Waals surface area contributed by atoms with E-state index in [0.29, 0.717) is 0 Å². The summed E-state index contributed by atoms with van der Waals surface area (Å²) in [4.78, 5) is 4.35. The fourth-order valence-electron chi connectivity index (χ4n) is 1.23. The first-order chi connectivity index (χ1) is 5.77. The van der Waals surface area contributed by atoms with E-state index in [2.05, 4.69) is 54.4 Å². The van der Waals surface area contributed by atoms with E-state index in [1.165, 1.54) is 5.70 Å². The van der Waals surface area contributed by atoms with Gasteiger partial charge in [-0.25, -0.2) is 0 Å². The van der Waals surface area contributed by atoms with Gasteiger partial charge in [-0.05, 0) is 19.9 Å². The van der Waals surface area contributed by atoms with Gasteiger partial charge < -0.3 is 9.80 Å². The maximum atomic E-state index is 2.21. The monoisotopic (exact) mass is 164 g/mol. The van der Waals surface area contributed by atoms with Gasteiger partial charge in [0.2, 0.25) is 0 Å². The molecule has 2 nitrogen and oxygen atoms in total. The van der Waals surface area contributed by atoms with Crippen molar-refractivity contribution in [2.24, 2.45) is 0 Å². The molecule has 0 aromatic heterocycles.